The third-order valence-electron chi connectivity index (χ3n) is 4.28. The number of nitrogens with zero attached hydrogens (tertiary/aromatic N) is 3. The molecular weight excluding hydrogens is 326 g/mol. The highest BCUT2D eigenvalue weighted by Crippen LogP contribution is 2.34. The molecule has 1 saturated heterocycles. The number of halogens is 1. The monoisotopic (exact) mass is 343 g/mol. The molecule has 124 valence electrons. The highest BCUT2D eigenvalue weighted by atomic mass is 35.5. The third-order valence-corrected chi connectivity index (χ3v) is 4.51. The number of benzene rings is 1. The first-order chi connectivity index (χ1) is 11.6. The van der Waals surface area contributed by atoms with E-state index in [2.05, 4.69) is 16.0 Å². The normalized spacial score (nSPS) is 17.5. The molecule has 1 aromatic carbocycles. The number of ether oxygens (including phenoxy) is 1. The van der Waals surface area contributed by atoms with Crippen LogP contribution in [0.5, 0.6) is 0 Å². The zero-order valence-electron chi connectivity index (χ0n) is 13.5. The second kappa shape index (κ2) is 7.06. The molecule has 0 amide bonds. The van der Waals surface area contributed by atoms with Crippen LogP contribution in [-0.2, 0) is 9.53 Å². The fraction of sp³-hybridized carbons (Fsp3) is 0.389. The van der Waals surface area contributed by atoms with E-state index < -0.39 is 0 Å². The zero-order valence-corrected chi connectivity index (χ0v) is 14.2. The Morgan fingerprint density at radius 3 is 3.12 bits per heavy atom. The number of esters is 1. The lowest BCUT2D eigenvalue weighted by Gasteiger charge is -2.34. The van der Waals surface area contributed by atoms with E-state index in [0.29, 0.717) is 23.7 Å². The maximum Gasteiger partial charge on any atom is 0.310 e. The average Bonchev–Trinajstić information content (AvgIpc) is 2.60. The molecule has 1 aromatic heterocycles. The largest absolute Gasteiger partial charge is 0.466 e. The van der Waals surface area contributed by atoms with Gasteiger partial charge in [-0.2, -0.15) is 5.26 Å². The minimum Gasteiger partial charge on any atom is -0.466 e. The van der Waals surface area contributed by atoms with Crippen molar-refractivity contribution in [3.05, 3.63) is 35.0 Å². The number of rotatable bonds is 3. The van der Waals surface area contributed by atoms with Gasteiger partial charge in [0.2, 0.25) is 0 Å². The molecule has 0 saturated carbocycles. The average molecular weight is 344 g/mol. The minimum absolute atomic E-state index is 0.169. The molecule has 1 aliphatic heterocycles. The zero-order chi connectivity index (χ0) is 17.1. The summed E-state index contributed by atoms with van der Waals surface area (Å²) in [4.78, 5) is 18.5. The fourth-order valence-corrected chi connectivity index (χ4v) is 3.38. The number of hydrogen-bond acceptors (Lipinski definition) is 5. The molecule has 3 rings (SSSR count). The summed E-state index contributed by atoms with van der Waals surface area (Å²) in [6.45, 7) is 3.52. The minimum atomic E-state index is -0.173. The van der Waals surface area contributed by atoms with Crippen LogP contribution in [0, 0.1) is 17.2 Å². The number of piperidine rings is 1. The SMILES string of the molecule is CCOC(=O)C1CCCN(c2c(C#N)cnc3ccc(Cl)cc23)C1. The molecule has 0 radical (unpaired) electrons. The van der Waals surface area contributed by atoms with Gasteiger partial charge < -0.3 is 9.64 Å². The summed E-state index contributed by atoms with van der Waals surface area (Å²) >= 11 is 6.14. The van der Waals surface area contributed by atoms with Gasteiger partial charge in [0, 0.05) is 29.7 Å². The van der Waals surface area contributed by atoms with Crippen LogP contribution < -0.4 is 4.90 Å². The summed E-state index contributed by atoms with van der Waals surface area (Å²) < 4.78 is 5.16. The Balaban J connectivity index is 2.03. The number of hydrogen-bond donors (Lipinski definition) is 0. The van der Waals surface area contributed by atoms with Gasteiger partial charge in [0.15, 0.2) is 0 Å². The van der Waals surface area contributed by atoms with Crippen molar-refractivity contribution >= 4 is 34.2 Å². The summed E-state index contributed by atoms with van der Waals surface area (Å²) in [6, 6.07) is 7.66. The maximum absolute atomic E-state index is 12.1. The Morgan fingerprint density at radius 1 is 1.54 bits per heavy atom. The first kappa shape index (κ1) is 16.5. The number of carbonyl (C=O) groups is 1. The number of anilines is 1. The van der Waals surface area contributed by atoms with E-state index in [4.69, 9.17) is 16.3 Å². The quantitative estimate of drug-likeness (QED) is 0.797. The van der Waals surface area contributed by atoms with Crippen molar-refractivity contribution in [1.29, 1.82) is 5.26 Å². The second-order valence-corrected chi connectivity index (χ2v) is 6.27. The van der Waals surface area contributed by atoms with Crippen molar-refractivity contribution in [3.63, 3.8) is 0 Å². The van der Waals surface area contributed by atoms with E-state index in [9.17, 15) is 10.1 Å². The lowest BCUT2D eigenvalue weighted by molar-refractivity contribution is -0.148. The first-order valence-corrected chi connectivity index (χ1v) is 8.41. The van der Waals surface area contributed by atoms with Gasteiger partial charge in [-0.1, -0.05) is 11.6 Å². The summed E-state index contributed by atoms with van der Waals surface area (Å²) in [5, 5.41) is 10.9. The smallest absolute Gasteiger partial charge is 0.310 e. The standard InChI is InChI=1S/C18H18ClN3O2/c1-2-24-18(23)12-4-3-7-22(11-12)17-13(9-20)10-21-16-6-5-14(19)8-15(16)17/h5-6,8,10,12H,2-4,7,11H2,1H3. The molecule has 2 heterocycles. The number of aromatic nitrogens is 1. The third kappa shape index (κ3) is 3.15. The highest BCUT2D eigenvalue weighted by Gasteiger charge is 2.29. The van der Waals surface area contributed by atoms with Crippen LogP contribution in [0.15, 0.2) is 24.4 Å². The van der Waals surface area contributed by atoms with Crippen LogP contribution in [0.2, 0.25) is 5.02 Å². The van der Waals surface area contributed by atoms with Crippen molar-refractivity contribution in [3.8, 4) is 6.07 Å². The van der Waals surface area contributed by atoms with Crippen LogP contribution in [0.1, 0.15) is 25.3 Å². The summed E-state index contributed by atoms with van der Waals surface area (Å²) in [6.07, 6.45) is 3.26. The van der Waals surface area contributed by atoms with E-state index >= 15 is 0 Å². The molecule has 1 unspecified atom stereocenters. The topological polar surface area (TPSA) is 66.2 Å². The van der Waals surface area contributed by atoms with E-state index in [-0.39, 0.29) is 11.9 Å². The molecule has 6 heteroatoms. The van der Waals surface area contributed by atoms with Gasteiger partial charge in [0.1, 0.15) is 6.07 Å². The molecule has 0 bridgehead atoms. The van der Waals surface area contributed by atoms with Crippen molar-refractivity contribution in [2.45, 2.75) is 19.8 Å². The Labute approximate surface area is 145 Å². The van der Waals surface area contributed by atoms with Crippen LogP contribution in [0.25, 0.3) is 10.9 Å². The lowest BCUT2D eigenvalue weighted by Crippen LogP contribution is -2.40. The van der Waals surface area contributed by atoms with Crippen molar-refractivity contribution in [1.82, 2.24) is 4.98 Å². The molecule has 24 heavy (non-hydrogen) atoms. The first-order valence-electron chi connectivity index (χ1n) is 8.04. The van der Waals surface area contributed by atoms with E-state index in [1.165, 1.54) is 0 Å². The Morgan fingerprint density at radius 2 is 2.38 bits per heavy atom. The Bertz CT molecular complexity index is 816. The van der Waals surface area contributed by atoms with Gasteiger partial charge in [-0.15, -0.1) is 0 Å². The molecule has 0 spiro atoms. The maximum atomic E-state index is 12.1. The summed E-state index contributed by atoms with van der Waals surface area (Å²) in [5.74, 6) is -0.343. The molecular formula is C18H18ClN3O2. The van der Waals surface area contributed by atoms with Crippen LogP contribution in [0.3, 0.4) is 0 Å². The van der Waals surface area contributed by atoms with Gasteiger partial charge in [0.05, 0.1) is 29.3 Å². The lowest BCUT2D eigenvalue weighted by atomic mass is 9.96. The molecule has 5 nitrogen and oxygen atoms in total. The summed E-state index contributed by atoms with van der Waals surface area (Å²) in [5.41, 5.74) is 2.08. The Hall–Kier alpha value is -2.32. The van der Waals surface area contributed by atoms with Crippen molar-refractivity contribution in [2.75, 3.05) is 24.6 Å². The summed E-state index contributed by atoms with van der Waals surface area (Å²) in [7, 11) is 0. The van der Waals surface area contributed by atoms with Crippen LogP contribution >= 0.6 is 11.6 Å². The Kier molecular flexibility index (Phi) is 4.86. The van der Waals surface area contributed by atoms with Gasteiger partial charge in [0.25, 0.3) is 0 Å². The van der Waals surface area contributed by atoms with Crippen LogP contribution in [-0.4, -0.2) is 30.6 Å². The van der Waals surface area contributed by atoms with Crippen LogP contribution in [0.4, 0.5) is 5.69 Å². The number of pyridine rings is 1. The van der Waals surface area contributed by atoms with E-state index in [1.807, 2.05) is 19.1 Å². The predicted octanol–water partition coefficient (Wildman–Crippen LogP) is 3.54. The molecule has 0 N–H and O–H groups in total. The van der Waals surface area contributed by atoms with Crippen molar-refractivity contribution in [2.24, 2.45) is 5.92 Å². The van der Waals surface area contributed by atoms with E-state index in [1.54, 1.807) is 12.3 Å². The molecule has 1 fully saturated rings. The highest BCUT2D eigenvalue weighted by molar-refractivity contribution is 6.31. The number of fused-ring (bicyclic) bond motifs is 1. The van der Waals surface area contributed by atoms with Crippen molar-refractivity contribution < 1.29 is 9.53 Å². The number of nitriles is 1. The predicted molar refractivity (Wildman–Crippen MR) is 93.0 cm³/mol. The molecule has 0 aliphatic carbocycles. The van der Waals surface area contributed by atoms with Gasteiger partial charge in [-0.3, -0.25) is 9.78 Å². The van der Waals surface area contributed by atoms with Gasteiger partial charge >= 0.3 is 5.97 Å². The number of carbonyl (C=O) groups excluding carboxylic acids is 1. The van der Waals surface area contributed by atoms with E-state index in [0.717, 1.165) is 36.0 Å². The second-order valence-electron chi connectivity index (χ2n) is 5.83. The molecule has 1 aliphatic rings. The fourth-order valence-electron chi connectivity index (χ4n) is 3.21. The van der Waals surface area contributed by atoms with Gasteiger partial charge in [-0.05, 0) is 38.0 Å². The molecule has 1 atom stereocenters. The van der Waals surface area contributed by atoms with Gasteiger partial charge in [-0.25, -0.2) is 0 Å². The molecule has 2 aromatic rings.